The highest BCUT2D eigenvalue weighted by atomic mass is 14.9. The number of hydrogen-bond acceptors (Lipinski definition) is 2. The fourth-order valence-corrected chi connectivity index (χ4v) is 2.53. The predicted molar refractivity (Wildman–Crippen MR) is 66.3 cm³/mol. The summed E-state index contributed by atoms with van der Waals surface area (Å²) in [6.45, 7) is 1.13. The summed E-state index contributed by atoms with van der Waals surface area (Å²) in [6.07, 6.45) is 7.82. The van der Waals surface area contributed by atoms with Crippen LogP contribution in [0.4, 0.5) is 0 Å². The second-order valence-electron chi connectivity index (χ2n) is 4.45. The van der Waals surface area contributed by atoms with Crippen LogP contribution in [0.25, 0.3) is 10.8 Å². The largest absolute Gasteiger partial charge is 0.310 e. The maximum absolute atomic E-state index is 4.35. The van der Waals surface area contributed by atoms with Gasteiger partial charge in [0.25, 0.3) is 0 Å². The lowest BCUT2D eigenvalue weighted by Gasteiger charge is -2.24. The van der Waals surface area contributed by atoms with E-state index < -0.39 is 0 Å². The standard InChI is InChI=1S/C14H16N2/c1-2-6-12-11(5-1)9-15-10-13(12)14-7-3-4-8-16-14/h1-2,5-6,9-10,14,16H,3-4,7-8H2. The molecule has 3 rings (SSSR count). The summed E-state index contributed by atoms with van der Waals surface area (Å²) < 4.78 is 0. The van der Waals surface area contributed by atoms with E-state index in [4.69, 9.17) is 0 Å². The number of pyridine rings is 1. The normalized spacial score (nSPS) is 21.1. The molecule has 1 unspecified atom stereocenters. The van der Waals surface area contributed by atoms with E-state index in [0.29, 0.717) is 6.04 Å². The number of fused-ring (bicyclic) bond motifs is 1. The lowest BCUT2D eigenvalue weighted by atomic mass is 9.95. The van der Waals surface area contributed by atoms with E-state index in [-0.39, 0.29) is 0 Å². The van der Waals surface area contributed by atoms with Crippen LogP contribution < -0.4 is 5.32 Å². The van der Waals surface area contributed by atoms with Crippen molar-refractivity contribution in [1.29, 1.82) is 0 Å². The van der Waals surface area contributed by atoms with E-state index in [2.05, 4.69) is 34.6 Å². The summed E-state index contributed by atoms with van der Waals surface area (Å²) in [7, 11) is 0. The Morgan fingerprint density at radius 1 is 1.12 bits per heavy atom. The van der Waals surface area contributed by atoms with Gasteiger partial charge in [-0.25, -0.2) is 0 Å². The molecule has 1 atom stereocenters. The second-order valence-corrected chi connectivity index (χ2v) is 4.45. The van der Waals surface area contributed by atoms with Gasteiger partial charge in [-0.1, -0.05) is 30.7 Å². The molecule has 1 saturated heterocycles. The molecule has 0 bridgehead atoms. The molecule has 0 radical (unpaired) electrons. The predicted octanol–water partition coefficient (Wildman–Crippen LogP) is 3.05. The maximum Gasteiger partial charge on any atom is 0.0346 e. The van der Waals surface area contributed by atoms with Crippen LogP contribution in [0, 0.1) is 0 Å². The van der Waals surface area contributed by atoms with Gasteiger partial charge in [-0.2, -0.15) is 0 Å². The Hall–Kier alpha value is -1.41. The molecule has 16 heavy (non-hydrogen) atoms. The molecule has 1 aliphatic heterocycles. The molecule has 0 spiro atoms. The number of benzene rings is 1. The number of nitrogens with zero attached hydrogens (tertiary/aromatic N) is 1. The molecular weight excluding hydrogens is 196 g/mol. The summed E-state index contributed by atoms with van der Waals surface area (Å²) in [4.78, 5) is 4.35. The van der Waals surface area contributed by atoms with Crippen molar-refractivity contribution in [2.75, 3.05) is 6.54 Å². The van der Waals surface area contributed by atoms with Crippen LogP contribution in [0.15, 0.2) is 36.7 Å². The Balaban J connectivity index is 2.08. The van der Waals surface area contributed by atoms with Gasteiger partial charge in [0.2, 0.25) is 0 Å². The average Bonchev–Trinajstić information content (AvgIpc) is 2.39. The zero-order chi connectivity index (χ0) is 10.8. The second kappa shape index (κ2) is 4.22. The molecule has 1 aliphatic rings. The third-order valence-corrected chi connectivity index (χ3v) is 3.38. The first-order valence-corrected chi connectivity index (χ1v) is 6.01. The minimum Gasteiger partial charge on any atom is -0.310 e. The van der Waals surface area contributed by atoms with Crippen LogP contribution in [0.1, 0.15) is 30.9 Å². The molecule has 0 amide bonds. The van der Waals surface area contributed by atoms with Gasteiger partial charge in [-0.05, 0) is 30.3 Å². The van der Waals surface area contributed by atoms with Crippen molar-refractivity contribution in [2.45, 2.75) is 25.3 Å². The average molecular weight is 212 g/mol. The maximum atomic E-state index is 4.35. The van der Waals surface area contributed by atoms with Crippen LogP contribution in [0.3, 0.4) is 0 Å². The van der Waals surface area contributed by atoms with Gasteiger partial charge >= 0.3 is 0 Å². The first-order valence-electron chi connectivity index (χ1n) is 6.01. The van der Waals surface area contributed by atoms with Crippen molar-refractivity contribution in [1.82, 2.24) is 10.3 Å². The van der Waals surface area contributed by atoms with Crippen LogP contribution in [-0.4, -0.2) is 11.5 Å². The SMILES string of the molecule is c1ccc2c(C3CCCCN3)cncc2c1. The lowest BCUT2D eigenvalue weighted by Crippen LogP contribution is -2.26. The topological polar surface area (TPSA) is 24.9 Å². The Morgan fingerprint density at radius 3 is 2.94 bits per heavy atom. The third-order valence-electron chi connectivity index (χ3n) is 3.38. The van der Waals surface area contributed by atoms with E-state index >= 15 is 0 Å². The zero-order valence-corrected chi connectivity index (χ0v) is 9.32. The molecule has 2 heterocycles. The highest BCUT2D eigenvalue weighted by molar-refractivity contribution is 5.85. The summed E-state index contributed by atoms with van der Waals surface area (Å²) in [6, 6.07) is 9.00. The van der Waals surface area contributed by atoms with Gasteiger partial charge in [0.05, 0.1) is 0 Å². The lowest BCUT2D eigenvalue weighted by molar-refractivity contribution is 0.413. The molecule has 1 aromatic carbocycles. The van der Waals surface area contributed by atoms with Crippen molar-refractivity contribution >= 4 is 10.8 Å². The van der Waals surface area contributed by atoms with Crippen LogP contribution in [0.5, 0.6) is 0 Å². The van der Waals surface area contributed by atoms with Crippen LogP contribution in [-0.2, 0) is 0 Å². The summed E-state index contributed by atoms with van der Waals surface area (Å²) >= 11 is 0. The number of hydrogen-bond donors (Lipinski definition) is 1. The van der Waals surface area contributed by atoms with Gasteiger partial charge < -0.3 is 5.32 Å². The first kappa shape index (κ1) is 9.79. The Morgan fingerprint density at radius 2 is 2.06 bits per heavy atom. The molecule has 1 aromatic heterocycles. The fourth-order valence-electron chi connectivity index (χ4n) is 2.53. The summed E-state index contributed by atoms with van der Waals surface area (Å²) in [5, 5.41) is 6.17. The van der Waals surface area contributed by atoms with Crippen molar-refractivity contribution < 1.29 is 0 Å². The Kier molecular flexibility index (Phi) is 2.58. The van der Waals surface area contributed by atoms with Gasteiger partial charge in [0.15, 0.2) is 0 Å². The molecule has 0 aliphatic carbocycles. The minimum absolute atomic E-state index is 0.493. The van der Waals surface area contributed by atoms with Crippen molar-refractivity contribution in [2.24, 2.45) is 0 Å². The summed E-state index contributed by atoms with van der Waals surface area (Å²) in [5.74, 6) is 0. The van der Waals surface area contributed by atoms with Gasteiger partial charge in [0.1, 0.15) is 0 Å². The molecule has 2 nitrogen and oxygen atoms in total. The Bertz CT molecular complexity index is 482. The van der Waals surface area contributed by atoms with Crippen molar-refractivity contribution in [3.8, 4) is 0 Å². The summed E-state index contributed by atoms with van der Waals surface area (Å²) in [5.41, 5.74) is 1.36. The molecular formula is C14H16N2. The van der Waals surface area contributed by atoms with Crippen molar-refractivity contribution in [3.05, 3.63) is 42.2 Å². The fraction of sp³-hybridized carbons (Fsp3) is 0.357. The number of nitrogens with one attached hydrogen (secondary N) is 1. The number of rotatable bonds is 1. The van der Waals surface area contributed by atoms with Gasteiger partial charge in [-0.3, -0.25) is 4.98 Å². The number of aromatic nitrogens is 1. The van der Waals surface area contributed by atoms with E-state index in [1.54, 1.807) is 0 Å². The van der Waals surface area contributed by atoms with Crippen molar-refractivity contribution in [3.63, 3.8) is 0 Å². The quantitative estimate of drug-likeness (QED) is 0.786. The van der Waals surface area contributed by atoms with E-state index in [0.717, 1.165) is 6.54 Å². The molecule has 2 heteroatoms. The third kappa shape index (κ3) is 1.69. The van der Waals surface area contributed by atoms with E-state index in [1.165, 1.54) is 35.6 Å². The Labute approximate surface area is 95.7 Å². The highest BCUT2D eigenvalue weighted by Gasteiger charge is 2.16. The minimum atomic E-state index is 0.493. The number of piperidine rings is 1. The van der Waals surface area contributed by atoms with Gasteiger partial charge in [-0.15, -0.1) is 0 Å². The van der Waals surface area contributed by atoms with Crippen LogP contribution >= 0.6 is 0 Å². The highest BCUT2D eigenvalue weighted by Crippen LogP contribution is 2.28. The molecule has 1 fully saturated rings. The molecule has 2 aromatic rings. The first-order chi connectivity index (χ1) is 7.95. The van der Waals surface area contributed by atoms with Crippen LogP contribution in [0.2, 0.25) is 0 Å². The molecule has 1 N–H and O–H groups in total. The monoisotopic (exact) mass is 212 g/mol. The smallest absolute Gasteiger partial charge is 0.0346 e. The van der Waals surface area contributed by atoms with E-state index in [1.807, 2.05) is 12.4 Å². The van der Waals surface area contributed by atoms with Gasteiger partial charge in [0, 0.05) is 23.8 Å². The molecule has 0 saturated carbocycles. The zero-order valence-electron chi connectivity index (χ0n) is 9.32. The molecule has 82 valence electrons. The van der Waals surface area contributed by atoms with E-state index in [9.17, 15) is 0 Å².